The van der Waals surface area contributed by atoms with Gasteiger partial charge in [0.15, 0.2) is 0 Å². The molecule has 0 bridgehead atoms. The second-order valence-corrected chi connectivity index (χ2v) is 5.89. The van der Waals surface area contributed by atoms with Gasteiger partial charge in [-0.05, 0) is 24.0 Å². The van der Waals surface area contributed by atoms with Crippen LogP contribution in [0.2, 0.25) is 0 Å². The molecule has 118 valence electrons. The van der Waals surface area contributed by atoms with Gasteiger partial charge in [-0.15, -0.1) is 0 Å². The van der Waals surface area contributed by atoms with Crippen molar-refractivity contribution in [2.75, 3.05) is 33.4 Å². The summed E-state index contributed by atoms with van der Waals surface area (Å²) in [5.74, 6) is 0.0578. The molecule has 3 rings (SSSR count). The third kappa shape index (κ3) is 2.73. The van der Waals surface area contributed by atoms with Crippen molar-refractivity contribution in [3.63, 3.8) is 0 Å². The van der Waals surface area contributed by atoms with Crippen LogP contribution in [-0.4, -0.2) is 55.0 Å². The van der Waals surface area contributed by atoms with Gasteiger partial charge in [-0.2, -0.15) is 0 Å². The lowest BCUT2D eigenvalue weighted by atomic mass is 9.91. The zero-order chi connectivity index (χ0) is 15.5. The lowest BCUT2D eigenvalue weighted by Gasteiger charge is -2.38. The minimum Gasteiger partial charge on any atom is -0.383 e. The first-order chi connectivity index (χ1) is 10.7. The fourth-order valence-corrected chi connectivity index (χ4v) is 3.36. The van der Waals surface area contributed by atoms with Crippen LogP contribution in [0.3, 0.4) is 0 Å². The van der Waals surface area contributed by atoms with Gasteiger partial charge in [0.25, 0.3) is 0 Å². The Hall–Kier alpha value is -1.88. The van der Waals surface area contributed by atoms with Gasteiger partial charge in [0, 0.05) is 26.7 Å². The van der Waals surface area contributed by atoms with Crippen LogP contribution < -0.4 is 0 Å². The highest BCUT2D eigenvalue weighted by molar-refractivity contribution is 5.92. The van der Waals surface area contributed by atoms with Crippen LogP contribution in [-0.2, 0) is 20.7 Å². The molecule has 1 aromatic carbocycles. The molecular weight excluding hydrogens is 280 g/mol. The minimum atomic E-state index is -0.495. The van der Waals surface area contributed by atoms with E-state index in [-0.39, 0.29) is 11.8 Å². The van der Waals surface area contributed by atoms with Crippen LogP contribution in [0.1, 0.15) is 30.0 Å². The van der Waals surface area contributed by atoms with Gasteiger partial charge in [-0.3, -0.25) is 9.59 Å². The number of ether oxygens (including phenoxy) is 1. The summed E-state index contributed by atoms with van der Waals surface area (Å²) >= 11 is 0. The quantitative estimate of drug-likeness (QED) is 0.844. The number of hydrogen-bond acceptors (Lipinski definition) is 3. The molecule has 0 aromatic heterocycles. The number of carbonyl (C=O) groups is 2. The molecule has 1 saturated heterocycles. The van der Waals surface area contributed by atoms with Crippen molar-refractivity contribution in [3.8, 4) is 0 Å². The Morgan fingerprint density at radius 1 is 1.27 bits per heavy atom. The molecule has 0 radical (unpaired) electrons. The third-order valence-corrected chi connectivity index (χ3v) is 4.51. The van der Waals surface area contributed by atoms with Crippen molar-refractivity contribution in [2.45, 2.75) is 25.3 Å². The van der Waals surface area contributed by atoms with Crippen LogP contribution in [0.5, 0.6) is 0 Å². The fraction of sp³-hybridized carbons (Fsp3) is 0.529. The van der Waals surface area contributed by atoms with E-state index < -0.39 is 6.04 Å². The lowest BCUT2D eigenvalue weighted by molar-refractivity contribution is -0.147. The Balaban J connectivity index is 1.95. The smallest absolute Gasteiger partial charge is 0.250 e. The number of methoxy groups -OCH3 is 1. The van der Waals surface area contributed by atoms with Gasteiger partial charge in [-0.25, -0.2) is 0 Å². The molecule has 0 aliphatic carbocycles. The molecule has 22 heavy (non-hydrogen) atoms. The first-order valence-corrected chi connectivity index (χ1v) is 7.87. The van der Waals surface area contributed by atoms with Crippen LogP contribution in [0.25, 0.3) is 0 Å². The van der Waals surface area contributed by atoms with Gasteiger partial charge >= 0.3 is 0 Å². The first kappa shape index (κ1) is 15.0. The van der Waals surface area contributed by atoms with E-state index in [1.807, 2.05) is 29.2 Å². The average Bonchev–Trinajstić information content (AvgIpc) is 3.06. The number of benzene rings is 1. The Bertz CT molecular complexity index is 567. The highest BCUT2D eigenvalue weighted by Crippen LogP contribution is 2.32. The van der Waals surface area contributed by atoms with Gasteiger partial charge in [-0.1, -0.05) is 24.3 Å². The van der Waals surface area contributed by atoms with Gasteiger partial charge in [0.1, 0.15) is 6.04 Å². The van der Waals surface area contributed by atoms with Crippen LogP contribution in [0.4, 0.5) is 0 Å². The van der Waals surface area contributed by atoms with E-state index in [4.69, 9.17) is 4.74 Å². The summed E-state index contributed by atoms with van der Waals surface area (Å²) in [4.78, 5) is 29.0. The first-order valence-electron chi connectivity index (χ1n) is 7.87. The van der Waals surface area contributed by atoms with E-state index in [2.05, 4.69) is 0 Å². The molecule has 2 aliphatic heterocycles. The zero-order valence-electron chi connectivity index (χ0n) is 13.0. The summed E-state index contributed by atoms with van der Waals surface area (Å²) in [5, 5.41) is 0. The van der Waals surface area contributed by atoms with Crippen molar-refractivity contribution >= 4 is 11.8 Å². The summed E-state index contributed by atoms with van der Waals surface area (Å²) in [6.07, 6.45) is 2.46. The Kier molecular flexibility index (Phi) is 4.43. The number of likely N-dealkylation sites (tertiary alicyclic amines) is 1. The summed E-state index contributed by atoms with van der Waals surface area (Å²) in [6.45, 7) is 2.49. The summed E-state index contributed by atoms with van der Waals surface area (Å²) in [7, 11) is 1.61. The monoisotopic (exact) mass is 302 g/mol. The van der Waals surface area contributed by atoms with Crippen molar-refractivity contribution in [2.24, 2.45) is 0 Å². The largest absolute Gasteiger partial charge is 0.383 e. The van der Waals surface area contributed by atoms with E-state index in [1.165, 1.54) is 0 Å². The summed E-state index contributed by atoms with van der Waals surface area (Å²) in [5.41, 5.74) is 1.94. The van der Waals surface area contributed by atoms with E-state index in [9.17, 15) is 9.59 Å². The maximum atomic E-state index is 13.0. The molecule has 1 atom stereocenters. The normalized spacial score (nSPS) is 21.1. The van der Waals surface area contributed by atoms with Crippen LogP contribution in [0.15, 0.2) is 24.3 Å². The molecule has 0 saturated carbocycles. The number of carbonyl (C=O) groups excluding carboxylic acids is 2. The number of amides is 2. The third-order valence-electron chi connectivity index (χ3n) is 4.51. The predicted octanol–water partition coefficient (Wildman–Crippen LogP) is 1.38. The number of fused-ring (bicyclic) bond motifs is 1. The lowest BCUT2D eigenvalue weighted by Crippen LogP contribution is -2.49. The van der Waals surface area contributed by atoms with Crippen molar-refractivity contribution in [1.29, 1.82) is 0 Å². The molecule has 0 spiro atoms. The van der Waals surface area contributed by atoms with E-state index in [1.54, 1.807) is 12.0 Å². The van der Waals surface area contributed by atoms with Crippen molar-refractivity contribution in [3.05, 3.63) is 35.4 Å². The molecule has 5 nitrogen and oxygen atoms in total. The molecule has 2 amide bonds. The average molecular weight is 302 g/mol. The Morgan fingerprint density at radius 2 is 2.00 bits per heavy atom. The molecular formula is C17H22N2O3. The zero-order valence-corrected chi connectivity index (χ0v) is 13.0. The maximum Gasteiger partial charge on any atom is 0.250 e. The number of rotatable bonds is 4. The number of hydrogen-bond donors (Lipinski definition) is 0. The summed E-state index contributed by atoms with van der Waals surface area (Å²) in [6, 6.07) is 7.29. The summed E-state index contributed by atoms with van der Waals surface area (Å²) < 4.78 is 5.12. The van der Waals surface area contributed by atoms with E-state index in [0.717, 1.165) is 37.1 Å². The highest BCUT2D eigenvalue weighted by atomic mass is 16.5. The molecule has 2 heterocycles. The van der Waals surface area contributed by atoms with Gasteiger partial charge in [0.05, 0.1) is 13.0 Å². The fourth-order valence-electron chi connectivity index (χ4n) is 3.36. The Labute approximate surface area is 130 Å². The predicted molar refractivity (Wildman–Crippen MR) is 82.3 cm³/mol. The van der Waals surface area contributed by atoms with Crippen LogP contribution >= 0.6 is 0 Å². The number of nitrogens with zero attached hydrogens (tertiary/aromatic N) is 2. The van der Waals surface area contributed by atoms with Crippen molar-refractivity contribution < 1.29 is 14.3 Å². The maximum absolute atomic E-state index is 13.0. The van der Waals surface area contributed by atoms with Crippen LogP contribution in [0, 0.1) is 0 Å². The van der Waals surface area contributed by atoms with Gasteiger partial charge in [0.2, 0.25) is 11.8 Å². The second kappa shape index (κ2) is 6.48. The Morgan fingerprint density at radius 3 is 2.73 bits per heavy atom. The topological polar surface area (TPSA) is 49.9 Å². The molecule has 5 heteroatoms. The second-order valence-electron chi connectivity index (χ2n) is 5.89. The molecule has 1 aromatic rings. The molecule has 2 aliphatic rings. The highest BCUT2D eigenvalue weighted by Gasteiger charge is 2.39. The molecule has 0 unspecified atom stereocenters. The van der Waals surface area contributed by atoms with E-state index >= 15 is 0 Å². The van der Waals surface area contributed by atoms with Crippen molar-refractivity contribution in [1.82, 2.24) is 9.80 Å². The molecule has 1 fully saturated rings. The standard InChI is InChI=1S/C17H22N2O3/c1-22-11-10-19-15(20)12-13-6-2-3-7-14(13)16(19)17(21)18-8-4-5-9-18/h2-3,6-7,16H,4-5,8-12H2,1H3/t16-/m1/s1. The minimum absolute atomic E-state index is 0.00768. The van der Waals surface area contributed by atoms with E-state index in [0.29, 0.717) is 19.6 Å². The van der Waals surface area contributed by atoms with Gasteiger partial charge < -0.3 is 14.5 Å². The SMILES string of the molecule is COCCN1C(=O)Cc2ccccc2[C@@H]1C(=O)N1CCCC1. The molecule has 0 N–H and O–H groups in total.